The van der Waals surface area contributed by atoms with Crippen molar-refractivity contribution in [3.63, 3.8) is 0 Å². The maximum atomic E-state index is 7.26. The van der Waals surface area contributed by atoms with Gasteiger partial charge in [-0.1, -0.05) is 12.2 Å². The van der Waals surface area contributed by atoms with Gasteiger partial charge in [-0.05, 0) is 12.2 Å². The minimum Gasteiger partial charge on any atom is -0.329 e. The van der Waals surface area contributed by atoms with Crippen molar-refractivity contribution >= 4 is 5.71 Å². The minimum absolute atomic E-state index is 0.204. The normalized spacial score (nSPS) is 20.7. The van der Waals surface area contributed by atoms with Gasteiger partial charge in [0.1, 0.15) is 0 Å². The molecule has 0 bridgehead atoms. The molecular formula is C8H13N3. The molecular weight excluding hydrogens is 138 g/mol. The highest BCUT2D eigenvalue weighted by molar-refractivity contribution is 6.02. The fraction of sp³-hybridized carbons (Fsp3) is 0.375. The van der Waals surface area contributed by atoms with Crippen LogP contribution in [0.15, 0.2) is 24.3 Å². The van der Waals surface area contributed by atoms with Gasteiger partial charge in [-0.2, -0.15) is 0 Å². The second-order valence-electron chi connectivity index (χ2n) is 2.76. The highest BCUT2D eigenvalue weighted by atomic mass is 14.7. The molecule has 0 unspecified atom stereocenters. The van der Waals surface area contributed by atoms with Crippen LogP contribution in [0.2, 0.25) is 0 Å². The zero-order chi connectivity index (χ0) is 8.32. The molecule has 3 heteroatoms. The van der Waals surface area contributed by atoms with E-state index in [1.807, 2.05) is 12.2 Å². The van der Waals surface area contributed by atoms with Gasteiger partial charge in [-0.25, -0.2) is 0 Å². The van der Waals surface area contributed by atoms with Crippen LogP contribution in [0.3, 0.4) is 0 Å². The van der Waals surface area contributed by atoms with Gasteiger partial charge in [0.05, 0.1) is 5.71 Å². The quantitative estimate of drug-likeness (QED) is 0.521. The molecule has 11 heavy (non-hydrogen) atoms. The zero-order valence-corrected chi connectivity index (χ0v) is 6.38. The Bertz CT molecular complexity index is 193. The first-order valence-corrected chi connectivity index (χ1v) is 3.59. The molecule has 0 aliphatic heterocycles. The summed E-state index contributed by atoms with van der Waals surface area (Å²) >= 11 is 0. The van der Waals surface area contributed by atoms with Crippen LogP contribution in [0.5, 0.6) is 0 Å². The monoisotopic (exact) mass is 151 g/mol. The Kier molecular flexibility index (Phi) is 2.22. The lowest BCUT2D eigenvalue weighted by Gasteiger charge is -2.25. The average Bonchev–Trinajstić information content (AvgIpc) is 2.07. The van der Waals surface area contributed by atoms with Gasteiger partial charge in [0.25, 0.3) is 0 Å². The summed E-state index contributed by atoms with van der Waals surface area (Å²) in [5.74, 6) is 0. The lowest BCUT2D eigenvalue weighted by atomic mass is 9.84. The van der Waals surface area contributed by atoms with Crippen LogP contribution in [0.1, 0.15) is 0 Å². The third-order valence-corrected chi connectivity index (χ3v) is 1.95. The Labute approximate surface area is 66.3 Å². The largest absolute Gasteiger partial charge is 0.329 e. The SMILES string of the molecule is N=C1C=CC(CN)(CN)C=C1. The van der Waals surface area contributed by atoms with E-state index in [0.29, 0.717) is 18.8 Å². The molecule has 0 aromatic rings. The topological polar surface area (TPSA) is 75.9 Å². The van der Waals surface area contributed by atoms with Crippen LogP contribution in [0, 0.1) is 10.8 Å². The molecule has 0 fully saturated rings. The lowest BCUT2D eigenvalue weighted by Crippen LogP contribution is -2.35. The van der Waals surface area contributed by atoms with Gasteiger partial charge in [0, 0.05) is 18.5 Å². The molecule has 1 aliphatic rings. The van der Waals surface area contributed by atoms with E-state index in [1.54, 1.807) is 12.2 Å². The molecule has 0 saturated carbocycles. The van der Waals surface area contributed by atoms with Crippen molar-refractivity contribution in [2.75, 3.05) is 13.1 Å². The number of nitrogens with one attached hydrogen (secondary N) is 1. The van der Waals surface area contributed by atoms with E-state index in [-0.39, 0.29) is 5.41 Å². The van der Waals surface area contributed by atoms with Crippen LogP contribution in [0.4, 0.5) is 0 Å². The van der Waals surface area contributed by atoms with Crippen LogP contribution >= 0.6 is 0 Å². The van der Waals surface area contributed by atoms with E-state index in [1.165, 1.54) is 0 Å². The Balaban J connectivity index is 2.81. The molecule has 5 N–H and O–H groups in total. The summed E-state index contributed by atoms with van der Waals surface area (Å²) in [6.07, 6.45) is 7.27. The number of hydrogen-bond acceptors (Lipinski definition) is 3. The number of allylic oxidation sites excluding steroid dienone is 2. The van der Waals surface area contributed by atoms with E-state index in [2.05, 4.69) is 0 Å². The molecule has 3 nitrogen and oxygen atoms in total. The van der Waals surface area contributed by atoms with Gasteiger partial charge in [0.2, 0.25) is 0 Å². The fourth-order valence-electron chi connectivity index (χ4n) is 0.978. The van der Waals surface area contributed by atoms with Crippen molar-refractivity contribution in [2.24, 2.45) is 16.9 Å². The van der Waals surface area contributed by atoms with Gasteiger partial charge >= 0.3 is 0 Å². The first-order chi connectivity index (χ1) is 5.22. The Morgan fingerprint density at radius 2 is 1.64 bits per heavy atom. The van der Waals surface area contributed by atoms with E-state index in [0.717, 1.165) is 0 Å². The van der Waals surface area contributed by atoms with Gasteiger partial charge in [0.15, 0.2) is 0 Å². The molecule has 0 aromatic carbocycles. The molecule has 1 aliphatic carbocycles. The first kappa shape index (κ1) is 8.17. The first-order valence-electron chi connectivity index (χ1n) is 3.59. The average molecular weight is 151 g/mol. The van der Waals surface area contributed by atoms with Gasteiger partial charge in [-0.3, -0.25) is 0 Å². The van der Waals surface area contributed by atoms with Gasteiger partial charge in [-0.15, -0.1) is 0 Å². The summed E-state index contributed by atoms with van der Waals surface area (Å²) in [5, 5.41) is 7.26. The van der Waals surface area contributed by atoms with E-state index in [9.17, 15) is 0 Å². The summed E-state index contributed by atoms with van der Waals surface area (Å²) in [6.45, 7) is 1.01. The molecule has 0 heterocycles. The second-order valence-corrected chi connectivity index (χ2v) is 2.76. The minimum atomic E-state index is -0.204. The Hall–Kier alpha value is -0.930. The smallest absolute Gasteiger partial charge is 0.0534 e. The van der Waals surface area contributed by atoms with Crippen molar-refractivity contribution in [3.05, 3.63) is 24.3 Å². The molecule has 0 amide bonds. The highest BCUT2D eigenvalue weighted by Gasteiger charge is 2.21. The number of rotatable bonds is 2. The summed E-state index contributed by atoms with van der Waals surface area (Å²) in [6, 6.07) is 0. The van der Waals surface area contributed by atoms with Crippen LogP contribution in [0.25, 0.3) is 0 Å². The summed E-state index contributed by atoms with van der Waals surface area (Å²) in [5.41, 5.74) is 11.4. The van der Waals surface area contributed by atoms with E-state index >= 15 is 0 Å². The molecule has 0 radical (unpaired) electrons. The molecule has 60 valence electrons. The van der Waals surface area contributed by atoms with Crippen molar-refractivity contribution < 1.29 is 0 Å². The Morgan fingerprint density at radius 3 is 2.00 bits per heavy atom. The predicted molar refractivity (Wildman–Crippen MR) is 46.5 cm³/mol. The zero-order valence-electron chi connectivity index (χ0n) is 6.38. The number of nitrogens with two attached hydrogens (primary N) is 2. The summed E-state index contributed by atoms with van der Waals surface area (Å²) in [4.78, 5) is 0. The standard InChI is InChI=1S/C8H13N3/c9-5-8(6-10)3-1-7(11)2-4-8/h1-4,11H,5-6,9-10H2. The van der Waals surface area contributed by atoms with Crippen LogP contribution in [-0.4, -0.2) is 18.8 Å². The molecule has 0 spiro atoms. The van der Waals surface area contributed by atoms with Crippen molar-refractivity contribution in [2.45, 2.75) is 0 Å². The molecule has 0 atom stereocenters. The van der Waals surface area contributed by atoms with E-state index < -0.39 is 0 Å². The fourth-order valence-corrected chi connectivity index (χ4v) is 0.978. The molecule has 0 saturated heterocycles. The van der Waals surface area contributed by atoms with Crippen LogP contribution in [-0.2, 0) is 0 Å². The van der Waals surface area contributed by atoms with Crippen LogP contribution < -0.4 is 11.5 Å². The summed E-state index contributed by atoms with van der Waals surface area (Å²) < 4.78 is 0. The maximum absolute atomic E-state index is 7.26. The Morgan fingerprint density at radius 1 is 1.18 bits per heavy atom. The second kappa shape index (κ2) is 2.98. The van der Waals surface area contributed by atoms with Gasteiger partial charge < -0.3 is 16.9 Å². The molecule has 0 aromatic heterocycles. The summed E-state index contributed by atoms with van der Waals surface area (Å²) in [7, 11) is 0. The predicted octanol–water partition coefficient (Wildman–Crippen LogP) is 0.0360. The number of hydrogen-bond donors (Lipinski definition) is 3. The highest BCUT2D eigenvalue weighted by Crippen LogP contribution is 2.20. The van der Waals surface area contributed by atoms with E-state index in [4.69, 9.17) is 16.9 Å². The van der Waals surface area contributed by atoms with Crippen molar-refractivity contribution in [1.82, 2.24) is 0 Å². The third-order valence-electron chi connectivity index (χ3n) is 1.95. The third kappa shape index (κ3) is 1.56. The van der Waals surface area contributed by atoms with Crippen molar-refractivity contribution in [1.29, 1.82) is 5.41 Å². The molecule has 1 rings (SSSR count). The maximum Gasteiger partial charge on any atom is 0.0534 e. The lowest BCUT2D eigenvalue weighted by molar-refractivity contribution is 0.517. The van der Waals surface area contributed by atoms with Crippen molar-refractivity contribution in [3.8, 4) is 0 Å².